The lowest BCUT2D eigenvalue weighted by Crippen LogP contribution is -2.09. The van der Waals surface area contributed by atoms with E-state index < -0.39 is 0 Å². The lowest BCUT2D eigenvalue weighted by molar-refractivity contribution is 0.0966. The van der Waals surface area contributed by atoms with E-state index in [4.69, 9.17) is 0 Å². The van der Waals surface area contributed by atoms with E-state index in [0.29, 0.717) is 5.56 Å². The predicted octanol–water partition coefficient (Wildman–Crippen LogP) is 3.21. The van der Waals surface area contributed by atoms with Crippen molar-refractivity contribution in [3.8, 4) is 0 Å². The second-order valence-corrected chi connectivity index (χ2v) is 3.87. The first kappa shape index (κ1) is 11.5. The molecule has 2 aromatic rings. The summed E-state index contributed by atoms with van der Waals surface area (Å²) in [5.74, 6) is -0.599. The Balaban J connectivity index is 2.23. The number of Topliss-reactive ketones (excluding diaryl/α,β-unsaturated/α-hetero) is 1. The molecule has 1 heterocycles. The number of pyridine rings is 1. The van der Waals surface area contributed by atoms with E-state index >= 15 is 0 Å². The Hall–Kier alpha value is -2.03. The monoisotopic (exact) mass is 229 g/mol. The summed E-state index contributed by atoms with van der Waals surface area (Å²) >= 11 is 0. The molecule has 1 unspecified atom stereocenters. The molecular formula is C14H12FNO. The molecular weight excluding hydrogens is 217 g/mol. The molecule has 0 spiro atoms. The molecule has 2 rings (SSSR count). The third-order valence-corrected chi connectivity index (χ3v) is 2.73. The van der Waals surface area contributed by atoms with Gasteiger partial charge < -0.3 is 0 Å². The van der Waals surface area contributed by atoms with E-state index in [2.05, 4.69) is 4.98 Å². The molecule has 0 fully saturated rings. The molecule has 1 atom stereocenters. The van der Waals surface area contributed by atoms with Crippen LogP contribution >= 0.6 is 0 Å². The van der Waals surface area contributed by atoms with Gasteiger partial charge in [0.25, 0.3) is 0 Å². The van der Waals surface area contributed by atoms with Crippen LogP contribution in [0.3, 0.4) is 0 Å². The predicted molar refractivity (Wildman–Crippen MR) is 63.4 cm³/mol. The van der Waals surface area contributed by atoms with Gasteiger partial charge in [0, 0.05) is 23.9 Å². The fourth-order valence-corrected chi connectivity index (χ4v) is 1.67. The molecule has 0 saturated heterocycles. The molecule has 17 heavy (non-hydrogen) atoms. The van der Waals surface area contributed by atoms with Gasteiger partial charge in [-0.15, -0.1) is 0 Å². The van der Waals surface area contributed by atoms with Crippen molar-refractivity contribution in [2.75, 3.05) is 0 Å². The van der Waals surface area contributed by atoms with Crippen LogP contribution in [0.5, 0.6) is 0 Å². The van der Waals surface area contributed by atoms with Crippen LogP contribution in [0.1, 0.15) is 28.8 Å². The van der Waals surface area contributed by atoms with Crippen molar-refractivity contribution in [2.24, 2.45) is 0 Å². The zero-order chi connectivity index (χ0) is 12.3. The Morgan fingerprint density at radius 2 is 1.71 bits per heavy atom. The lowest BCUT2D eigenvalue weighted by atomic mass is 9.93. The van der Waals surface area contributed by atoms with Crippen LogP contribution in [-0.4, -0.2) is 10.8 Å². The van der Waals surface area contributed by atoms with Gasteiger partial charge in [0.15, 0.2) is 5.78 Å². The molecule has 86 valence electrons. The highest BCUT2D eigenvalue weighted by atomic mass is 19.1. The largest absolute Gasteiger partial charge is 0.294 e. The van der Waals surface area contributed by atoms with E-state index in [1.807, 2.05) is 19.1 Å². The number of hydrogen-bond acceptors (Lipinski definition) is 2. The van der Waals surface area contributed by atoms with Crippen molar-refractivity contribution in [2.45, 2.75) is 12.8 Å². The van der Waals surface area contributed by atoms with E-state index in [1.165, 1.54) is 24.3 Å². The van der Waals surface area contributed by atoms with Crippen molar-refractivity contribution < 1.29 is 9.18 Å². The Morgan fingerprint density at radius 1 is 1.12 bits per heavy atom. The molecule has 0 amide bonds. The second kappa shape index (κ2) is 4.87. The Labute approximate surface area is 99.1 Å². The fraction of sp³-hybridized carbons (Fsp3) is 0.143. The van der Waals surface area contributed by atoms with E-state index in [1.54, 1.807) is 12.4 Å². The first-order valence-electron chi connectivity index (χ1n) is 5.38. The van der Waals surface area contributed by atoms with Gasteiger partial charge in [-0.25, -0.2) is 4.39 Å². The fourth-order valence-electron chi connectivity index (χ4n) is 1.67. The Morgan fingerprint density at radius 3 is 2.29 bits per heavy atom. The highest BCUT2D eigenvalue weighted by Gasteiger charge is 2.16. The van der Waals surface area contributed by atoms with Gasteiger partial charge >= 0.3 is 0 Å². The van der Waals surface area contributed by atoms with Gasteiger partial charge in [-0.1, -0.05) is 6.92 Å². The molecule has 0 N–H and O–H groups in total. The minimum absolute atomic E-state index is 0.0174. The van der Waals surface area contributed by atoms with Crippen molar-refractivity contribution in [3.05, 3.63) is 65.7 Å². The van der Waals surface area contributed by atoms with E-state index in [0.717, 1.165) is 5.56 Å². The quantitative estimate of drug-likeness (QED) is 0.756. The minimum Gasteiger partial charge on any atom is -0.294 e. The number of carbonyl (C=O) groups excluding carboxylic acids is 1. The molecule has 0 aliphatic heterocycles. The summed E-state index contributed by atoms with van der Waals surface area (Å²) in [6, 6.07) is 9.24. The molecule has 0 radical (unpaired) electrons. The van der Waals surface area contributed by atoms with Crippen molar-refractivity contribution in [1.29, 1.82) is 0 Å². The zero-order valence-corrected chi connectivity index (χ0v) is 9.43. The van der Waals surface area contributed by atoms with Crippen LogP contribution < -0.4 is 0 Å². The molecule has 3 heteroatoms. The van der Waals surface area contributed by atoms with Crippen molar-refractivity contribution >= 4 is 5.78 Å². The highest BCUT2D eigenvalue weighted by Crippen LogP contribution is 2.19. The summed E-state index contributed by atoms with van der Waals surface area (Å²) < 4.78 is 12.8. The number of ketones is 1. The Bertz CT molecular complexity index is 508. The standard InChI is InChI=1S/C14H12FNO/c1-10(11-6-8-16-9-7-11)14(17)12-2-4-13(15)5-3-12/h2-10H,1H3. The summed E-state index contributed by atoms with van der Waals surface area (Å²) in [6.07, 6.45) is 3.31. The van der Waals surface area contributed by atoms with Gasteiger partial charge in [0.1, 0.15) is 5.82 Å². The first-order valence-corrected chi connectivity index (χ1v) is 5.38. The summed E-state index contributed by atoms with van der Waals surface area (Å²) in [5.41, 5.74) is 1.44. The van der Waals surface area contributed by atoms with Crippen LogP contribution in [0.25, 0.3) is 0 Å². The van der Waals surface area contributed by atoms with Gasteiger partial charge in [-0.05, 0) is 42.0 Å². The van der Waals surface area contributed by atoms with Gasteiger partial charge in [-0.2, -0.15) is 0 Å². The summed E-state index contributed by atoms with van der Waals surface area (Å²) in [6.45, 7) is 1.83. The number of halogens is 1. The maximum atomic E-state index is 12.8. The highest BCUT2D eigenvalue weighted by molar-refractivity contribution is 6.00. The van der Waals surface area contributed by atoms with Crippen molar-refractivity contribution in [3.63, 3.8) is 0 Å². The maximum Gasteiger partial charge on any atom is 0.170 e. The van der Waals surface area contributed by atoms with Crippen LogP contribution in [0.4, 0.5) is 4.39 Å². The molecule has 0 bridgehead atoms. The maximum absolute atomic E-state index is 12.8. The average molecular weight is 229 g/mol. The van der Waals surface area contributed by atoms with E-state index in [-0.39, 0.29) is 17.5 Å². The minimum atomic E-state index is -0.335. The third kappa shape index (κ3) is 2.56. The number of carbonyl (C=O) groups is 1. The number of benzene rings is 1. The smallest absolute Gasteiger partial charge is 0.170 e. The van der Waals surface area contributed by atoms with Crippen LogP contribution in [-0.2, 0) is 0 Å². The molecule has 0 aliphatic carbocycles. The second-order valence-electron chi connectivity index (χ2n) is 3.87. The summed E-state index contributed by atoms with van der Waals surface area (Å²) in [7, 11) is 0. The van der Waals surface area contributed by atoms with Gasteiger partial charge in [-0.3, -0.25) is 9.78 Å². The van der Waals surface area contributed by atoms with Crippen molar-refractivity contribution in [1.82, 2.24) is 4.98 Å². The number of hydrogen-bond donors (Lipinski definition) is 0. The van der Waals surface area contributed by atoms with Crippen LogP contribution in [0, 0.1) is 5.82 Å². The number of rotatable bonds is 3. The average Bonchev–Trinajstić information content (AvgIpc) is 2.39. The topological polar surface area (TPSA) is 30.0 Å². The SMILES string of the molecule is CC(C(=O)c1ccc(F)cc1)c1ccncc1. The molecule has 0 aliphatic rings. The third-order valence-electron chi connectivity index (χ3n) is 2.73. The lowest BCUT2D eigenvalue weighted by Gasteiger charge is -2.10. The molecule has 0 saturated carbocycles. The zero-order valence-electron chi connectivity index (χ0n) is 9.43. The van der Waals surface area contributed by atoms with Crippen LogP contribution in [0.15, 0.2) is 48.8 Å². The van der Waals surface area contributed by atoms with E-state index in [9.17, 15) is 9.18 Å². The number of aromatic nitrogens is 1. The summed E-state index contributed by atoms with van der Waals surface area (Å²) in [4.78, 5) is 16.0. The molecule has 1 aromatic heterocycles. The van der Waals surface area contributed by atoms with Gasteiger partial charge in [0.05, 0.1) is 0 Å². The Kier molecular flexibility index (Phi) is 3.28. The molecule has 1 aromatic carbocycles. The van der Waals surface area contributed by atoms with Gasteiger partial charge in [0.2, 0.25) is 0 Å². The summed E-state index contributed by atoms with van der Waals surface area (Å²) in [5, 5.41) is 0. The molecule has 2 nitrogen and oxygen atoms in total. The number of nitrogens with zero attached hydrogens (tertiary/aromatic N) is 1. The first-order chi connectivity index (χ1) is 8.18. The normalized spacial score (nSPS) is 12.1. The van der Waals surface area contributed by atoms with Crippen LogP contribution in [0.2, 0.25) is 0 Å².